The zero-order valence-electron chi connectivity index (χ0n) is 12.7. The Morgan fingerprint density at radius 1 is 1.27 bits per heavy atom. The molecule has 1 aromatic carbocycles. The first-order valence-electron chi connectivity index (χ1n) is 7.85. The third-order valence-electron chi connectivity index (χ3n) is 4.00. The predicted octanol–water partition coefficient (Wildman–Crippen LogP) is 2.36. The molecule has 22 heavy (non-hydrogen) atoms. The average Bonchev–Trinajstić information content (AvgIpc) is 3.01. The van der Waals surface area contributed by atoms with Crippen molar-refractivity contribution >= 4 is 0 Å². The van der Waals surface area contributed by atoms with E-state index in [4.69, 9.17) is 4.74 Å². The van der Waals surface area contributed by atoms with E-state index in [1.165, 1.54) is 6.07 Å². The van der Waals surface area contributed by atoms with E-state index in [1.807, 2.05) is 29.2 Å². The number of halogens is 1. The molecule has 0 unspecified atom stereocenters. The van der Waals surface area contributed by atoms with Crippen LogP contribution in [-0.2, 0) is 17.7 Å². The fraction of sp³-hybridized carbons (Fsp3) is 0.471. The SMILES string of the molecule is Fc1cccc(C[C@@H]2CN(CCCn3cccn3)CCO2)c1. The molecule has 1 aliphatic heterocycles. The minimum Gasteiger partial charge on any atom is -0.375 e. The first-order valence-corrected chi connectivity index (χ1v) is 7.85. The van der Waals surface area contributed by atoms with Gasteiger partial charge in [0.05, 0.1) is 12.7 Å². The number of nitrogens with zero attached hydrogens (tertiary/aromatic N) is 3. The summed E-state index contributed by atoms with van der Waals surface area (Å²) in [4.78, 5) is 2.43. The highest BCUT2D eigenvalue weighted by Gasteiger charge is 2.20. The van der Waals surface area contributed by atoms with Crippen LogP contribution >= 0.6 is 0 Å². The summed E-state index contributed by atoms with van der Waals surface area (Å²) in [5, 5.41) is 4.22. The summed E-state index contributed by atoms with van der Waals surface area (Å²) in [6, 6.07) is 8.75. The predicted molar refractivity (Wildman–Crippen MR) is 83.1 cm³/mol. The van der Waals surface area contributed by atoms with E-state index in [0.717, 1.165) is 51.2 Å². The molecule has 1 aromatic heterocycles. The maximum Gasteiger partial charge on any atom is 0.123 e. The van der Waals surface area contributed by atoms with Crippen molar-refractivity contribution in [2.24, 2.45) is 0 Å². The molecule has 0 amide bonds. The quantitative estimate of drug-likeness (QED) is 0.820. The number of hydrogen-bond donors (Lipinski definition) is 0. The van der Waals surface area contributed by atoms with E-state index >= 15 is 0 Å². The van der Waals surface area contributed by atoms with Crippen molar-refractivity contribution in [1.82, 2.24) is 14.7 Å². The first kappa shape index (κ1) is 15.2. The number of benzene rings is 1. The fourth-order valence-corrected chi connectivity index (χ4v) is 2.92. The third-order valence-corrected chi connectivity index (χ3v) is 4.00. The molecule has 2 aromatic rings. The van der Waals surface area contributed by atoms with Crippen molar-refractivity contribution in [3.05, 3.63) is 54.1 Å². The van der Waals surface area contributed by atoms with Gasteiger partial charge in [-0.1, -0.05) is 12.1 Å². The Hall–Kier alpha value is -1.72. The van der Waals surface area contributed by atoms with Crippen molar-refractivity contribution in [2.75, 3.05) is 26.2 Å². The monoisotopic (exact) mass is 303 g/mol. The lowest BCUT2D eigenvalue weighted by atomic mass is 10.1. The molecule has 4 nitrogen and oxygen atoms in total. The van der Waals surface area contributed by atoms with Crippen molar-refractivity contribution in [1.29, 1.82) is 0 Å². The number of aromatic nitrogens is 2. The van der Waals surface area contributed by atoms with Gasteiger partial charge in [0.25, 0.3) is 0 Å². The van der Waals surface area contributed by atoms with Crippen LogP contribution in [0.2, 0.25) is 0 Å². The van der Waals surface area contributed by atoms with Gasteiger partial charge in [-0.2, -0.15) is 5.10 Å². The van der Waals surface area contributed by atoms with Crippen molar-refractivity contribution in [2.45, 2.75) is 25.5 Å². The van der Waals surface area contributed by atoms with Crippen LogP contribution in [0.5, 0.6) is 0 Å². The first-order chi connectivity index (χ1) is 10.8. The smallest absolute Gasteiger partial charge is 0.123 e. The van der Waals surface area contributed by atoms with Crippen molar-refractivity contribution < 1.29 is 9.13 Å². The lowest BCUT2D eigenvalue weighted by Crippen LogP contribution is -2.43. The molecular formula is C17H22FN3O. The van der Waals surface area contributed by atoms with Gasteiger partial charge in [0, 0.05) is 38.6 Å². The largest absolute Gasteiger partial charge is 0.375 e. The van der Waals surface area contributed by atoms with Crippen molar-refractivity contribution in [3.63, 3.8) is 0 Å². The molecule has 0 spiro atoms. The van der Waals surface area contributed by atoms with Gasteiger partial charge >= 0.3 is 0 Å². The summed E-state index contributed by atoms with van der Waals surface area (Å²) < 4.78 is 21.0. The standard InChI is InChI=1S/C17H22FN3O/c18-16-5-1-4-15(12-16)13-17-14-20(10-11-22-17)7-3-9-21-8-2-6-19-21/h1-2,4-6,8,12,17H,3,7,9-11,13-14H2/t17-/m1/s1. The number of ether oxygens (including phenoxy) is 1. The van der Waals surface area contributed by atoms with E-state index in [9.17, 15) is 4.39 Å². The second kappa shape index (κ2) is 7.51. The van der Waals surface area contributed by atoms with E-state index < -0.39 is 0 Å². The summed E-state index contributed by atoms with van der Waals surface area (Å²) in [5.74, 6) is -0.176. The van der Waals surface area contributed by atoms with Crippen molar-refractivity contribution in [3.8, 4) is 0 Å². The van der Waals surface area contributed by atoms with E-state index in [-0.39, 0.29) is 11.9 Å². The van der Waals surface area contributed by atoms with Gasteiger partial charge in [0.1, 0.15) is 5.82 Å². The Bertz CT molecular complexity index is 573. The Morgan fingerprint density at radius 2 is 2.23 bits per heavy atom. The zero-order valence-corrected chi connectivity index (χ0v) is 12.7. The summed E-state index contributed by atoms with van der Waals surface area (Å²) in [6.07, 6.45) is 5.80. The van der Waals surface area contributed by atoms with Crippen LogP contribution in [0.25, 0.3) is 0 Å². The van der Waals surface area contributed by atoms with Gasteiger partial charge in [-0.3, -0.25) is 9.58 Å². The molecule has 0 saturated carbocycles. The van der Waals surface area contributed by atoms with Crippen LogP contribution in [0.1, 0.15) is 12.0 Å². The molecule has 3 rings (SSSR count). The summed E-state index contributed by atoms with van der Waals surface area (Å²) in [5.41, 5.74) is 1.00. The average molecular weight is 303 g/mol. The number of rotatable bonds is 6. The highest BCUT2D eigenvalue weighted by atomic mass is 19.1. The Labute approximate surface area is 130 Å². The zero-order chi connectivity index (χ0) is 15.2. The van der Waals surface area contributed by atoms with Crippen LogP contribution in [0.4, 0.5) is 4.39 Å². The van der Waals surface area contributed by atoms with Gasteiger partial charge in [-0.05, 0) is 36.6 Å². The molecule has 1 aliphatic rings. The minimum atomic E-state index is -0.176. The van der Waals surface area contributed by atoms with Gasteiger partial charge in [0.2, 0.25) is 0 Å². The van der Waals surface area contributed by atoms with Crippen LogP contribution in [0, 0.1) is 5.82 Å². The lowest BCUT2D eigenvalue weighted by Gasteiger charge is -2.33. The number of morpholine rings is 1. The van der Waals surface area contributed by atoms with Gasteiger partial charge in [-0.15, -0.1) is 0 Å². The molecule has 0 N–H and O–H groups in total. The van der Waals surface area contributed by atoms with E-state index in [0.29, 0.717) is 0 Å². The second-order valence-corrected chi connectivity index (χ2v) is 5.75. The maximum atomic E-state index is 13.2. The molecule has 5 heteroatoms. The number of hydrogen-bond acceptors (Lipinski definition) is 3. The van der Waals surface area contributed by atoms with E-state index in [1.54, 1.807) is 12.1 Å². The summed E-state index contributed by atoms with van der Waals surface area (Å²) >= 11 is 0. The third kappa shape index (κ3) is 4.39. The fourth-order valence-electron chi connectivity index (χ4n) is 2.92. The Kier molecular flexibility index (Phi) is 5.19. The summed E-state index contributed by atoms with van der Waals surface area (Å²) in [6.45, 7) is 4.62. The molecule has 1 atom stereocenters. The Balaban J connectivity index is 1.44. The maximum absolute atomic E-state index is 13.2. The topological polar surface area (TPSA) is 30.3 Å². The van der Waals surface area contributed by atoms with E-state index in [2.05, 4.69) is 10.00 Å². The molecule has 2 heterocycles. The molecule has 0 bridgehead atoms. The second-order valence-electron chi connectivity index (χ2n) is 5.75. The number of aryl methyl sites for hydroxylation is 1. The normalized spacial score (nSPS) is 19.4. The summed E-state index contributed by atoms with van der Waals surface area (Å²) in [7, 11) is 0. The lowest BCUT2D eigenvalue weighted by molar-refractivity contribution is -0.0281. The Morgan fingerprint density at radius 3 is 3.05 bits per heavy atom. The minimum absolute atomic E-state index is 0.153. The van der Waals surface area contributed by atoms with Crippen LogP contribution in [-0.4, -0.2) is 47.0 Å². The highest BCUT2D eigenvalue weighted by molar-refractivity contribution is 5.17. The molecule has 0 aliphatic carbocycles. The molecule has 1 saturated heterocycles. The highest BCUT2D eigenvalue weighted by Crippen LogP contribution is 2.13. The van der Waals surface area contributed by atoms with Crippen LogP contribution < -0.4 is 0 Å². The van der Waals surface area contributed by atoms with Gasteiger partial charge in [0.15, 0.2) is 0 Å². The molecular weight excluding hydrogens is 281 g/mol. The van der Waals surface area contributed by atoms with Gasteiger partial charge in [-0.25, -0.2) is 4.39 Å². The van der Waals surface area contributed by atoms with Crippen LogP contribution in [0.3, 0.4) is 0 Å². The molecule has 0 radical (unpaired) electrons. The van der Waals surface area contributed by atoms with Gasteiger partial charge < -0.3 is 4.74 Å². The molecule has 1 fully saturated rings. The molecule has 118 valence electrons. The van der Waals surface area contributed by atoms with Crippen LogP contribution in [0.15, 0.2) is 42.7 Å².